The minimum absolute atomic E-state index is 0.0516. The van der Waals surface area contributed by atoms with Gasteiger partial charge in [-0.1, -0.05) is 0 Å². The quantitative estimate of drug-likeness (QED) is 0.264. The van der Waals surface area contributed by atoms with E-state index in [1.807, 2.05) is 0 Å². The lowest BCUT2D eigenvalue weighted by atomic mass is 10.0. The molecule has 36 heavy (non-hydrogen) atoms. The molecule has 4 aromatic rings. The fourth-order valence-corrected chi connectivity index (χ4v) is 4.71. The second kappa shape index (κ2) is 8.90. The number of fused-ring (bicyclic) bond motifs is 1. The van der Waals surface area contributed by atoms with E-state index in [1.54, 1.807) is 4.72 Å². The van der Waals surface area contributed by atoms with E-state index in [0.717, 1.165) is 18.9 Å². The number of rotatable bonds is 8. The molecule has 2 N–H and O–H groups in total. The molecule has 0 spiro atoms. The van der Waals surface area contributed by atoms with Crippen LogP contribution in [0.1, 0.15) is 28.8 Å². The zero-order valence-electron chi connectivity index (χ0n) is 18.2. The molecule has 8 nitrogen and oxygen atoms in total. The normalized spacial score (nSPS) is 13.7. The van der Waals surface area contributed by atoms with Gasteiger partial charge in [0.05, 0.1) is 28.8 Å². The molecule has 5 rings (SSSR count). The fraction of sp³-hybridized carbons (Fsp3) is 0.174. The number of aromatic nitrogens is 3. The second-order valence-corrected chi connectivity index (χ2v) is 9.80. The summed E-state index contributed by atoms with van der Waals surface area (Å²) in [6.07, 6.45) is 4.37. The van der Waals surface area contributed by atoms with Crippen molar-refractivity contribution in [1.82, 2.24) is 15.0 Å². The zero-order valence-corrected chi connectivity index (χ0v) is 19.0. The van der Waals surface area contributed by atoms with Crippen molar-refractivity contribution < 1.29 is 35.5 Å². The fourth-order valence-electron chi connectivity index (χ4n) is 3.56. The number of aromatic amines is 1. The van der Waals surface area contributed by atoms with Gasteiger partial charge in [-0.3, -0.25) is 9.52 Å². The highest BCUT2D eigenvalue weighted by Crippen LogP contribution is 2.33. The highest BCUT2D eigenvalue weighted by Gasteiger charge is 2.29. The van der Waals surface area contributed by atoms with E-state index in [2.05, 4.69) is 15.0 Å². The number of nitrogens with zero attached hydrogens (tertiary/aromatic N) is 2. The molecule has 0 atom stereocenters. The van der Waals surface area contributed by atoms with Gasteiger partial charge in [-0.2, -0.15) is 0 Å². The number of benzene rings is 2. The Hall–Kier alpha value is -4.00. The summed E-state index contributed by atoms with van der Waals surface area (Å²) in [7, 11) is -4.83. The number of ether oxygens (including phenoxy) is 1. The number of halogens is 4. The van der Waals surface area contributed by atoms with E-state index >= 15 is 4.39 Å². The number of carbonyl (C=O) groups is 1. The van der Waals surface area contributed by atoms with E-state index < -0.39 is 55.2 Å². The van der Waals surface area contributed by atoms with Crippen LogP contribution in [0.2, 0.25) is 0 Å². The standard InChI is InChI=1S/C23H16F4N4O4S/c24-12-3-4-14(25)17(7-12)36(33,34)31-16-6-5-15(26)19(20(16)27)21(32)13-8-28-22-18(13)23(30-10-29-22)35-9-11-1-2-11/h3-8,10-11,31H,1-2,9H2,(H,28,29,30). The van der Waals surface area contributed by atoms with Crippen LogP contribution in [0.5, 0.6) is 5.88 Å². The maximum absolute atomic E-state index is 15.3. The molecule has 0 aliphatic heterocycles. The number of hydrogen-bond donors (Lipinski definition) is 2. The first kappa shape index (κ1) is 23.7. The summed E-state index contributed by atoms with van der Waals surface area (Å²) < 4.78 is 90.1. The Kier molecular flexibility index (Phi) is 5.86. The predicted molar refractivity (Wildman–Crippen MR) is 119 cm³/mol. The van der Waals surface area contributed by atoms with E-state index in [1.165, 1.54) is 12.5 Å². The van der Waals surface area contributed by atoms with Crippen LogP contribution >= 0.6 is 0 Å². The van der Waals surface area contributed by atoms with E-state index in [4.69, 9.17) is 4.74 Å². The van der Waals surface area contributed by atoms with Crippen molar-refractivity contribution in [3.05, 3.63) is 77.3 Å². The lowest BCUT2D eigenvalue weighted by Crippen LogP contribution is -2.18. The predicted octanol–water partition coefficient (Wildman–Crippen LogP) is 4.33. The third-order valence-corrected chi connectivity index (χ3v) is 6.96. The van der Waals surface area contributed by atoms with Crippen LogP contribution in [0.15, 0.2) is 47.8 Å². The van der Waals surface area contributed by atoms with E-state index in [0.29, 0.717) is 36.8 Å². The summed E-state index contributed by atoms with van der Waals surface area (Å²) in [5.41, 5.74) is -1.93. The van der Waals surface area contributed by atoms with Crippen LogP contribution in [-0.4, -0.2) is 35.8 Å². The molecule has 2 aromatic carbocycles. The molecule has 0 saturated heterocycles. The summed E-state index contributed by atoms with van der Waals surface area (Å²) in [5.74, 6) is -5.89. The molecule has 186 valence electrons. The number of H-pyrrole nitrogens is 1. The van der Waals surface area contributed by atoms with Crippen LogP contribution in [0, 0.1) is 29.2 Å². The van der Waals surface area contributed by atoms with Crippen molar-refractivity contribution in [1.29, 1.82) is 0 Å². The Bertz CT molecular complexity index is 1620. The second-order valence-electron chi connectivity index (χ2n) is 8.15. The van der Waals surface area contributed by atoms with Gasteiger partial charge < -0.3 is 9.72 Å². The minimum atomic E-state index is -4.83. The Labute approximate surface area is 201 Å². The molecule has 2 heterocycles. The Morgan fingerprint density at radius 3 is 2.58 bits per heavy atom. The molecule has 1 saturated carbocycles. The summed E-state index contributed by atoms with van der Waals surface area (Å²) >= 11 is 0. The van der Waals surface area contributed by atoms with Gasteiger partial charge in [-0.25, -0.2) is 35.9 Å². The number of ketones is 1. The average Bonchev–Trinajstić information content (AvgIpc) is 3.57. The third kappa shape index (κ3) is 4.37. The Balaban J connectivity index is 1.53. The molecule has 13 heteroatoms. The Morgan fingerprint density at radius 2 is 1.83 bits per heavy atom. The lowest BCUT2D eigenvalue weighted by molar-refractivity contribution is 0.103. The Morgan fingerprint density at radius 1 is 1.08 bits per heavy atom. The number of nitrogens with one attached hydrogen (secondary N) is 2. The molecule has 2 aromatic heterocycles. The topological polar surface area (TPSA) is 114 Å². The van der Waals surface area contributed by atoms with Crippen molar-refractivity contribution in [2.75, 3.05) is 11.3 Å². The average molecular weight is 520 g/mol. The van der Waals surface area contributed by atoms with Crippen molar-refractivity contribution in [2.45, 2.75) is 17.7 Å². The zero-order chi connectivity index (χ0) is 25.6. The minimum Gasteiger partial charge on any atom is -0.477 e. The molecule has 1 aliphatic rings. The van der Waals surface area contributed by atoms with Crippen LogP contribution in [0.4, 0.5) is 23.2 Å². The van der Waals surface area contributed by atoms with E-state index in [-0.39, 0.29) is 22.5 Å². The highest BCUT2D eigenvalue weighted by molar-refractivity contribution is 7.92. The van der Waals surface area contributed by atoms with Gasteiger partial charge in [0.25, 0.3) is 10.0 Å². The first-order valence-electron chi connectivity index (χ1n) is 10.6. The lowest BCUT2D eigenvalue weighted by Gasteiger charge is -2.13. The summed E-state index contributed by atoms with van der Waals surface area (Å²) in [6.45, 7) is 0.349. The SMILES string of the molecule is O=C(c1c(F)ccc(NS(=O)(=O)c2cc(F)ccc2F)c1F)c1c[nH]c2ncnc(OCC3CC3)c12. The van der Waals surface area contributed by atoms with Gasteiger partial charge in [0.15, 0.2) is 5.82 Å². The summed E-state index contributed by atoms with van der Waals surface area (Å²) in [6, 6.07) is 3.09. The maximum atomic E-state index is 15.3. The molecular weight excluding hydrogens is 504 g/mol. The largest absolute Gasteiger partial charge is 0.477 e. The third-order valence-electron chi connectivity index (χ3n) is 5.58. The summed E-state index contributed by atoms with van der Waals surface area (Å²) in [5, 5.41) is 0.106. The molecule has 0 radical (unpaired) electrons. The van der Waals surface area contributed by atoms with Gasteiger partial charge >= 0.3 is 0 Å². The molecular formula is C23H16F4N4O4S. The number of sulfonamides is 1. The molecule has 0 amide bonds. The summed E-state index contributed by atoms with van der Waals surface area (Å²) in [4.78, 5) is 22.9. The van der Waals surface area contributed by atoms with Crippen molar-refractivity contribution >= 4 is 32.5 Å². The number of carbonyl (C=O) groups excluding carboxylic acids is 1. The van der Waals surface area contributed by atoms with Crippen molar-refractivity contribution in [3.63, 3.8) is 0 Å². The molecule has 0 bridgehead atoms. The van der Waals surface area contributed by atoms with Gasteiger partial charge in [0.1, 0.15) is 34.3 Å². The monoisotopic (exact) mass is 520 g/mol. The highest BCUT2D eigenvalue weighted by atomic mass is 32.2. The smallest absolute Gasteiger partial charge is 0.265 e. The maximum Gasteiger partial charge on any atom is 0.265 e. The molecule has 0 unspecified atom stereocenters. The van der Waals surface area contributed by atoms with Crippen LogP contribution < -0.4 is 9.46 Å². The van der Waals surface area contributed by atoms with Crippen LogP contribution in [-0.2, 0) is 10.0 Å². The van der Waals surface area contributed by atoms with Crippen molar-refractivity contribution in [2.24, 2.45) is 5.92 Å². The van der Waals surface area contributed by atoms with Gasteiger partial charge in [0, 0.05) is 6.20 Å². The van der Waals surface area contributed by atoms with Gasteiger partial charge in [-0.05, 0) is 49.1 Å². The first-order chi connectivity index (χ1) is 17.2. The van der Waals surface area contributed by atoms with E-state index in [9.17, 15) is 26.4 Å². The van der Waals surface area contributed by atoms with Gasteiger partial charge in [0.2, 0.25) is 11.7 Å². The number of hydrogen-bond acceptors (Lipinski definition) is 6. The van der Waals surface area contributed by atoms with Crippen LogP contribution in [0.3, 0.4) is 0 Å². The first-order valence-corrected chi connectivity index (χ1v) is 12.1. The van der Waals surface area contributed by atoms with Gasteiger partial charge in [-0.15, -0.1) is 0 Å². The molecule has 1 aliphatic carbocycles. The van der Waals surface area contributed by atoms with Crippen molar-refractivity contribution in [3.8, 4) is 5.88 Å². The molecule has 1 fully saturated rings. The van der Waals surface area contributed by atoms with Crippen LogP contribution in [0.25, 0.3) is 11.0 Å². The number of anilines is 1.